The van der Waals surface area contributed by atoms with Crippen LogP contribution in [0.5, 0.6) is 0 Å². The molecule has 21 heavy (non-hydrogen) atoms. The van der Waals surface area contributed by atoms with Gasteiger partial charge in [0.05, 0.1) is 4.92 Å². The molecule has 0 saturated heterocycles. The number of benzene rings is 1. The molecule has 7 heteroatoms. The lowest BCUT2D eigenvalue weighted by Crippen LogP contribution is -2.42. The highest BCUT2D eigenvalue weighted by Crippen LogP contribution is 2.26. The van der Waals surface area contributed by atoms with Crippen LogP contribution in [0.2, 0.25) is 0 Å². The van der Waals surface area contributed by atoms with E-state index in [1.54, 1.807) is 26.8 Å². The van der Waals surface area contributed by atoms with Crippen molar-refractivity contribution in [2.24, 2.45) is 11.3 Å². The van der Waals surface area contributed by atoms with Gasteiger partial charge in [-0.2, -0.15) is 0 Å². The van der Waals surface area contributed by atoms with Gasteiger partial charge < -0.3 is 10.4 Å². The van der Waals surface area contributed by atoms with E-state index in [1.165, 1.54) is 18.2 Å². The van der Waals surface area contributed by atoms with Gasteiger partial charge in [-0.3, -0.25) is 19.7 Å². The third-order valence-corrected chi connectivity index (χ3v) is 3.02. The number of aliphatic carboxylic acids is 1. The van der Waals surface area contributed by atoms with E-state index in [-0.39, 0.29) is 12.2 Å². The summed E-state index contributed by atoms with van der Waals surface area (Å²) in [5.74, 6) is -3.10. The zero-order valence-corrected chi connectivity index (χ0v) is 12.1. The quantitative estimate of drug-likeness (QED) is 0.490. The SMILES string of the molecule is CC(C)(C)C(C(=O)O)C(=O)NCc1ccccc1[N+](=O)[O-]. The van der Waals surface area contributed by atoms with E-state index in [0.717, 1.165) is 0 Å². The maximum absolute atomic E-state index is 12.0. The number of carboxylic acids is 1. The lowest BCUT2D eigenvalue weighted by atomic mass is 9.80. The van der Waals surface area contributed by atoms with Crippen LogP contribution >= 0.6 is 0 Å². The molecule has 0 radical (unpaired) electrons. The van der Waals surface area contributed by atoms with E-state index in [0.29, 0.717) is 5.56 Å². The molecule has 0 aromatic heterocycles. The molecule has 1 aromatic carbocycles. The fraction of sp³-hybridized carbons (Fsp3) is 0.429. The number of nitro benzene ring substituents is 1. The Hall–Kier alpha value is -2.44. The Balaban J connectivity index is 2.86. The molecule has 7 nitrogen and oxygen atoms in total. The number of amides is 1. The molecule has 1 atom stereocenters. The predicted molar refractivity (Wildman–Crippen MR) is 75.5 cm³/mol. The Labute approximate surface area is 122 Å². The Bertz CT molecular complexity index is 563. The number of carbonyl (C=O) groups excluding carboxylic acids is 1. The Morgan fingerprint density at radius 1 is 1.33 bits per heavy atom. The van der Waals surface area contributed by atoms with Gasteiger partial charge in [0.1, 0.15) is 5.92 Å². The third-order valence-electron chi connectivity index (χ3n) is 3.02. The van der Waals surface area contributed by atoms with Crippen molar-refractivity contribution < 1.29 is 19.6 Å². The van der Waals surface area contributed by atoms with Crippen LogP contribution in [0.1, 0.15) is 26.3 Å². The van der Waals surface area contributed by atoms with Gasteiger partial charge in [0.15, 0.2) is 0 Å². The van der Waals surface area contributed by atoms with E-state index in [9.17, 15) is 19.7 Å². The minimum absolute atomic E-state index is 0.0875. The van der Waals surface area contributed by atoms with Crippen LogP contribution in [0.3, 0.4) is 0 Å². The van der Waals surface area contributed by atoms with Gasteiger partial charge in [-0.15, -0.1) is 0 Å². The highest BCUT2D eigenvalue weighted by atomic mass is 16.6. The molecule has 0 aliphatic heterocycles. The number of hydrogen-bond donors (Lipinski definition) is 2. The Kier molecular flexibility index (Phi) is 5.02. The second kappa shape index (κ2) is 6.34. The van der Waals surface area contributed by atoms with Crippen molar-refractivity contribution in [3.05, 3.63) is 39.9 Å². The molecule has 1 aromatic rings. The fourth-order valence-corrected chi connectivity index (χ4v) is 2.00. The second-order valence-corrected chi connectivity index (χ2v) is 5.74. The van der Waals surface area contributed by atoms with Gasteiger partial charge in [0, 0.05) is 18.2 Å². The zero-order chi connectivity index (χ0) is 16.2. The summed E-state index contributed by atoms with van der Waals surface area (Å²) in [7, 11) is 0. The third kappa shape index (κ3) is 4.27. The van der Waals surface area contributed by atoms with Gasteiger partial charge in [-0.05, 0) is 5.41 Å². The second-order valence-electron chi connectivity index (χ2n) is 5.74. The van der Waals surface area contributed by atoms with Crippen molar-refractivity contribution in [3.63, 3.8) is 0 Å². The smallest absolute Gasteiger partial charge is 0.316 e. The van der Waals surface area contributed by atoms with Crippen molar-refractivity contribution >= 4 is 17.6 Å². The average Bonchev–Trinajstić information content (AvgIpc) is 2.34. The molecule has 0 aliphatic carbocycles. The summed E-state index contributed by atoms with van der Waals surface area (Å²) >= 11 is 0. The number of carboxylic acid groups (broad SMARTS) is 1. The first kappa shape index (κ1) is 16.6. The number of nitro groups is 1. The summed E-state index contributed by atoms with van der Waals surface area (Å²) in [5, 5.41) is 22.5. The van der Waals surface area contributed by atoms with Crippen LogP contribution in [0.4, 0.5) is 5.69 Å². The van der Waals surface area contributed by atoms with Crippen molar-refractivity contribution in [1.29, 1.82) is 0 Å². The van der Waals surface area contributed by atoms with E-state index < -0.39 is 28.1 Å². The van der Waals surface area contributed by atoms with E-state index in [4.69, 9.17) is 5.11 Å². The lowest BCUT2D eigenvalue weighted by molar-refractivity contribution is -0.385. The molecular formula is C14H18N2O5. The van der Waals surface area contributed by atoms with Gasteiger partial charge >= 0.3 is 5.97 Å². The normalized spacial score (nSPS) is 12.5. The number of nitrogens with one attached hydrogen (secondary N) is 1. The molecule has 1 rings (SSSR count). The topological polar surface area (TPSA) is 110 Å². The van der Waals surface area contributed by atoms with Gasteiger partial charge in [0.2, 0.25) is 5.91 Å². The van der Waals surface area contributed by atoms with E-state index in [1.807, 2.05) is 0 Å². The van der Waals surface area contributed by atoms with Crippen LogP contribution in [0.15, 0.2) is 24.3 Å². The zero-order valence-electron chi connectivity index (χ0n) is 12.1. The summed E-state index contributed by atoms with van der Waals surface area (Å²) in [6, 6.07) is 6.00. The monoisotopic (exact) mass is 294 g/mol. The lowest BCUT2D eigenvalue weighted by Gasteiger charge is -2.25. The summed E-state index contributed by atoms with van der Waals surface area (Å²) < 4.78 is 0. The standard InChI is InChI=1S/C14H18N2O5/c1-14(2,3)11(13(18)19)12(17)15-8-9-6-4-5-7-10(9)16(20)21/h4-7,11H,8H2,1-3H3,(H,15,17)(H,18,19). The summed E-state index contributed by atoms with van der Waals surface area (Å²) in [6.07, 6.45) is 0. The van der Waals surface area contributed by atoms with Crippen molar-refractivity contribution in [2.45, 2.75) is 27.3 Å². The van der Waals surface area contributed by atoms with Crippen LogP contribution in [-0.4, -0.2) is 21.9 Å². The first-order chi connectivity index (χ1) is 9.64. The molecule has 114 valence electrons. The number of para-hydroxylation sites is 1. The maximum Gasteiger partial charge on any atom is 0.316 e. The number of carbonyl (C=O) groups is 2. The average molecular weight is 294 g/mol. The number of hydrogen-bond acceptors (Lipinski definition) is 4. The molecule has 0 fully saturated rings. The van der Waals surface area contributed by atoms with Crippen molar-refractivity contribution in [1.82, 2.24) is 5.32 Å². The van der Waals surface area contributed by atoms with E-state index >= 15 is 0 Å². The Morgan fingerprint density at radius 2 is 1.90 bits per heavy atom. The summed E-state index contributed by atoms with van der Waals surface area (Å²) in [5.41, 5.74) is -0.534. The molecule has 1 amide bonds. The minimum atomic E-state index is -1.22. The van der Waals surface area contributed by atoms with Crippen LogP contribution < -0.4 is 5.32 Å². The van der Waals surface area contributed by atoms with Crippen molar-refractivity contribution in [2.75, 3.05) is 0 Å². The molecule has 0 heterocycles. The molecule has 2 N–H and O–H groups in total. The number of nitrogens with zero attached hydrogens (tertiary/aromatic N) is 1. The number of rotatable bonds is 5. The van der Waals surface area contributed by atoms with Crippen LogP contribution in [-0.2, 0) is 16.1 Å². The van der Waals surface area contributed by atoms with Gasteiger partial charge in [-0.1, -0.05) is 39.0 Å². The molecule has 1 unspecified atom stereocenters. The maximum atomic E-state index is 12.0. The summed E-state index contributed by atoms with van der Waals surface area (Å²) in [4.78, 5) is 33.6. The van der Waals surface area contributed by atoms with Crippen LogP contribution in [0.25, 0.3) is 0 Å². The fourth-order valence-electron chi connectivity index (χ4n) is 2.00. The molecule has 0 saturated carbocycles. The first-order valence-corrected chi connectivity index (χ1v) is 6.37. The highest BCUT2D eigenvalue weighted by molar-refractivity contribution is 5.97. The molecular weight excluding hydrogens is 276 g/mol. The largest absolute Gasteiger partial charge is 0.481 e. The Morgan fingerprint density at radius 3 is 2.38 bits per heavy atom. The molecule has 0 aliphatic rings. The van der Waals surface area contributed by atoms with E-state index in [2.05, 4.69) is 5.32 Å². The minimum Gasteiger partial charge on any atom is -0.481 e. The van der Waals surface area contributed by atoms with Crippen LogP contribution in [0, 0.1) is 21.4 Å². The van der Waals surface area contributed by atoms with Crippen molar-refractivity contribution in [3.8, 4) is 0 Å². The molecule has 0 spiro atoms. The summed E-state index contributed by atoms with van der Waals surface area (Å²) in [6.45, 7) is 4.86. The highest BCUT2D eigenvalue weighted by Gasteiger charge is 2.37. The van der Waals surface area contributed by atoms with Gasteiger partial charge in [-0.25, -0.2) is 0 Å². The predicted octanol–water partition coefficient (Wildman–Crippen LogP) is 1.96. The molecule has 0 bridgehead atoms. The van der Waals surface area contributed by atoms with Gasteiger partial charge in [0.25, 0.3) is 5.69 Å². The first-order valence-electron chi connectivity index (χ1n) is 6.37.